The lowest BCUT2D eigenvalue weighted by molar-refractivity contribution is 0.0162. The molecule has 1 spiro atoms. The van der Waals surface area contributed by atoms with E-state index in [1.165, 1.54) is 31.0 Å². The summed E-state index contributed by atoms with van der Waals surface area (Å²) in [5.74, 6) is 1.00. The van der Waals surface area contributed by atoms with E-state index < -0.39 is 0 Å². The topological polar surface area (TPSA) is 75.3 Å². The molecule has 1 heterocycles. The lowest BCUT2D eigenvalue weighted by Crippen LogP contribution is -2.56. The van der Waals surface area contributed by atoms with E-state index in [1.54, 1.807) is 11.8 Å². The van der Waals surface area contributed by atoms with E-state index in [-0.39, 0.29) is 17.1 Å². The monoisotopic (exact) mass is 460 g/mol. The molecule has 0 atom stereocenters. The minimum atomic E-state index is -0.223. The predicted molar refractivity (Wildman–Crippen MR) is 136 cm³/mol. The molecule has 2 aliphatic carbocycles. The van der Waals surface area contributed by atoms with Gasteiger partial charge in [0.25, 0.3) is 0 Å². The average molecular weight is 461 g/mol. The van der Waals surface area contributed by atoms with Crippen LogP contribution in [0.2, 0.25) is 0 Å². The number of hydrogen-bond donors (Lipinski definition) is 0. The number of benzene rings is 1. The highest BCUT2D eigenvalue weighted by Crippen LogP contribution is 2.50. The fraction of sp³-hybridized carbons (Fsp3) is 0.556. The molecule has 2 saturated carbocycles. The number of carbonyl (C=O) groups excluding carboxylic acids is 1. The van der Waals surface area contributed by atoms with Crippen molar-refractivity contribution in [1.29, 1.82) is 5.26 Å². The number of carbonyl (C=O) groups is 1. The number of nitrogens with zero attached hydrogens (tertiary/aromatic N) is 6. The summed E-state index contributed by atoms with van der Waals surface area (Å²) in [5, 5.41) is 9.05. The van der Waals surface area contributed by atoms with Gasteiger partial charge < -0.3 is 4.90 Å². The Balaban J connectivity index is 1.64. The van der Waals surface area contributed by atoms with Gasteiger partial charge in [-0.15, -0.1) is 0 Å². The third kappa shape index (κ3) is 4.27. The zero-order valence-electron chi connectivity index (χ0n) is 20.7. The summed E-state index contributed by atoms with van der Waals surface area (Å²) >= 11 is 0. The van der Waals surface area contributed by atoms with Crippen LogP contribution in [0.1, 0.15) is 57.4 Å². The molecule has 1 aromatic carbocycles. The van der Waals surface area contributed by atoms with E-state index in [1.807, 2.05) is 6.07 Å². The van der Waals surface area contributed by atoms with Gasteiger partial charge in [-0.2, -0.15) is 5.26 Å². The number of amides is 2. The summed E-state index contributed by atoms with van der Waals surface area (Å²) in [6, 6.07) is 12.8. The molecule has 7 heteroatoms. The minimum Gasteiger partial charge on any atom is -0.317 e. The normalized spacial score (nSPS) is 28.4. The summed E-state index contributed by atoms with van der Waals surface area (Å²) in [6.07, 6.45) is 8.97. The van der Waals surface area contributed by atoms with E-state index in [0.29, 0.717) is 24.0 Å². The highest BCUT2D eigenvalue weighted by atomic mass is 16.2. The summed E-state index contributed by atoms with van der Waals surface area (Å²) < 4.78 is 0. The van der Waals surface area contributed by atoms with Crippen LogP contribution >= 0.6 is 0 Å². The van der Waals surface area contributed by atoms with Crippen molar-refractivity contribution in [2.24, 2.45) is 15.9 Å². The largest absolute Gasteiger partial charge is 0.326 e. The fourth-order valence-corrected chi connectivity index (χ4v) is 5.86. The summed E-state index contributed by atoms with van der Waals surface area (Å²) in [7, 11) is 4.34. The van der Waals surface area contributed by atoms with Crippen LogP contribution in [0.15, 0.2) is 52.3 Å². The Bertz CT molecular complexity index is 1010. The van der Waals surface area contributed by atoms with Crippen LogP contribution in [0.3, 0.4) is 0 Å². The maximum atomic E-state index is 13.7. The van der Waals surface area contributed by atoms with E-state index in [0.717, 1.165) is 32.2 Å². The Kier molecular flexibility index (Phi) is 6.90. The van der Waals surface area contributed by atoms with Crippen molar-refractivity contribution in [3.63, 3.8) is 0 Å². The van der Waals surface area contributed by atoms with E-state index in [2.05, 4.69) is 70.9 Å². The van der Waals surface area contributed by atoms with Crippen LogP contribution in [-0.4, -0.2) is 65.9 Å². The van der Waals surface area contributed by atoms with Gasteiger partial charge in [-0.25, -0.2) is 14.8 Å². The van der Waals surface area contributed by atoms with Crippen LogP contribution in [0.5, 0.6) is 0 Å². The molecular formula is C27H36N6O. The molecular weight excluding hydrogens is 424 g/mol. The molecule has 180 valence electrons. The van der Waals surface area contributed by atoms with Gasteiger partial charge in [0.05, 0.1) is 18.3 Å². The first-order valence-corrected chi connectivity index (χ1v) is 12.3. The van der Waals surface area contributed by atoms with Crippen molar-refractivity contribution in [1.82, 2.24) is 14.7 Å². The summed E-state index contributed by atoms with van der Waals surface area (Å²) in [4.78, 5) is 28.2. The maximum absolute atomic E-state index is 13.7. The summed E-state index contributed by atoms with van der Waals surface area (Å²) in [6.45, 7) is 6.72. The first-order chi connectivity index (χ1) is 16.3. The molecule has 0 unspecified atom stereocenters. The van der Waals surface area contributed by atoms with E-state index >= 15 is 0 Å². The van der Waals surface area contributed by atoms with Gasteiger partial charge in [0.1, 0.15) is 11.8 Å². The number of nitriles is 1. The van der Waals surface area contributed by atoms with Crippen LogP contribution in [0.4, 0.5) is 4.79 Å². The Hall–Kier alpha value is -2.98. The molecule has 0 N–H and O–H groups in total. The van der Waals surface area contributed by atoms with Crippen LogP contribution in [0.25, 0.3) is 0 Å². The Morgan fingerprint density at radius 3 is 2.44 bits per heavy atom. The molecule has 3 fully saturated rings. The van der Waals surface area contributed by atoms with E-state index in [9.17, 15) is 4.79 Å². The van der Waals surface area contributed by atoms with Gasteiger partial charge in [0, 0.05) is 12.1 Å². The van der Waals surface area contributed by atoms with Crippen molar-refractivity contribution >= 4 is 18.5 Å². The van der Waals surface area contributed by atoms with Gasteiger partial charge in [-0.3, -0.25) is 9.80 Å². The third-order valence-corrected chi connectivity index (χ3v) is 8.30. The van der Waals surface area contributed by atoms with Crippen LogP contribution in [-0.2, 0) is 5.54 Å². The Morgan fingerprint density at radius 2 is 1.91 bits per heavy atom. The number of rotatable bonds is 7. The average Bonchev–Trinajstić information content (AvgIpc) is 3.08. The number of urea groups is 1. The second-order valence-corrected chi connectivity index (χ2v) is 10.3. The Labute approximate surface area is 203 Å². The lowest BCUT2D eigenvalue weighted by Gasteiger charge is -2.51. The highest BCUT2D eigenvalue weighted by Gasteiger charge is 2.55. The SMILES string of the molecule is C=N/C(=C\N=C(C)C#N)N1CC2(CCC(c3ccccc3)(N(C)C)CC2)N(CC2CCC2)C1=O. The van der Waals surface area contributed by atoms with E-state index in [4.69, 9.17) is 5.26 Å². The quantitative estimate of drug-likeness (QED) is 0.550. The second-order valence-electron chi connectivity index (χ2n) is 10.3. The lowest BCUT2D eigenvalue weighted by atomic mass is 9.68. The molecule has 34 heavy (non-hydrogen) atoms. The summed E-state index contributed by atoms with van der Waals surface area (Å²) in [5.41, 5.74) is 1.41. The first kappa shape index (κ1) is 24.2. The molecule has 0 aromatic heterocycles. The molecule has 2 amide bonds. The number of hydrogen-bond acceptors (Lipinski definition) is 5. The second kappa shape index (κ2) is 9.71. The molecule has 1 aliphatic heterocycles. The predicted octanol–water partition coefficient (Wildman–Crippen LogP) is 4.78. The van der Waals surface area contributed by atoms with Gasteiger partial charge in [-0.05, 0) is 77.7 Å². The van der Waals surface area contributed by atoms with Gasteiger partial charge in [0.15, 0.2) is 5.82 Å². The van der Waals surface area contributed by atoms with Crippen molar-refractivity contribution < 1.29 is 4.79 Å². The molecule has 7 nitrogen and oxygen atoms in total. The highest BCUT2D eigenvalue weighted by molar-refractivity contribution is 5.96. The zero-order chi connectivity index (χ0) is 24.3. The molecule has 3 aliphatic rings. The van der Waals surface area contributed by atoms with Gasteiger partial charge in [-0.1, -0.05) is 36.8 Å². The smallest absolute Gasteiger partial charge is 0.317 e. The standard InChI is InChI=1S/C27H36N6O/c1-21(17-28)30-18-24(29-2)32-20-26(33(25(32)34)19-22-9-8-10-22)13-15-27(16-14-26,31(3)4)23-11-6-5-7-12-23/h5-7,11-12,18,22H,2,8-10,13-16,19-20H2,1,3-4H3/b24-18+,30-21?. The first-order valence-electron chi connectivity index (χ1n) is 12.3. The fourth-order valence-electron chi connectivity index (χ4n) is 5.86. The Morgan fingerprint density at radius 1 is 1.24 bits per heavy atom. The van der Waals surface area contributed by atoms with Crippen molar-refractivity contribution in [2.75, 3.05) is 27.2 Å². The molecule has 0 radical (unpaired) electrons. The molecule has 4 rings (SSSR count). The van der Waals surface area contributed by atoms with Crippen molar-refractivity contribution in [3.05, 3.63) is 47.9 Å². The van der Waals surface area contributed by atoms with Crippen molar-refractivity contribution in [2.45, 2.75) is 62.9 Å². The maximum Gasteiger partial charge on any atom is 0.326 e. The van der Waals surface area contributed by atoms with Crippen molar-refractivity contribution in [3.8, 4) is 6.07 Å². The molecule has 0 bridgehead atoms. The minimum absolute atomic E-state index is 0.00701. The zero-order valence-corrected chi connectivity index (χ0v) is 20.7. The van der Waals surface area contributed by atoms with Gasteiger partial charge >= 0.3 is 6.03 Å². The van der Waals surface area contributed by atoms with Crippen LogP contribution < -0.4 is 0 Å². The number of aliphatic imine (C=N–C) groups is 2. The van der Waals surface area contributed by atoms with Crippen LogP contribution in [0, 0.1) is 17.2 Å². The van der Waals surface area contributed by atoms with Gasteiger partial charge in [0.2, 0.25) is 0 Å². The molecule has 1 aromatic rings. The molecule has 1 saturated heterocycles. The third-order valence-electron chi connectivity index (χ3n) is 8.30.